The van der Waals surface area contributed by atoms with Gasteiger partial charge in [-0.2, -0.15) is 0 Å². The Labute approximate surface area is 97.6 Å². The Morgan fingerprint density at radius 2 is 2.12 bits per heavy atom. The second-order valence-corrected chi connectivity index (χ2v) is 3.95. The van der Waals surface area contributed by atoms with Crippen LogP contribution in [0.2, 0.25) is 0 Å². The summed E-state index contributed by atoms with van der Waals surface area (Å²) in [6, 6.07) is 5.05. The summed E-state index contributed by atoms with van der Waals surface area (Å²) in [5.74, 6) is -2.48. The van der Waals surface area contributed by atoms with Gasteiger partial charge in [0.25, 0.3) is 0 Å². The fourth-order valence-electron chi connectivity index (χ4n) is 1.95. The Morgan fingerprint density at radius 1 is 1.35 bits per heavy atom. The van der Waals surface area contributed by atoms with Crippen LogP contribution in [0, 0.1) is 0 Å². The first-order chi connectivity index (χ1) is 8.08. The zero-order chi connectivity index (χ0) is 12.4. The van der Waals surface area contributed by atoms with Gasteiger partial charge in [-0.25, -0.2) is 0 Å². The molecule has 1 atom stereocenters. The first-order valence-corrected chi connectivity index (χ1v) is 5.28. The maximum absolute atomic E-state index is 11.0. The van der Waals surface area contributed by atoms with E-state index in [2.05, 4.69) is 0 Å². The second kappa shape index (κ2) is 4.45. The maximum atomic E-state index is 11.0. The van der Waals surface area contributed by atoms with Gasteiger partial charge in [0, 0.05) is 6.42 Å². The lowest BCUT2D eigenvalue weighted by Crippen LogP contribution is -2.15. The fourth-order valence-corrected chi connectivity index (χ4v) is 1.95. The first-order valence-electron chi connectivity index (χ1n) is 5.28. The van der Waals surface area contributed by atoms with Crippen LogP contribution in [0.3, 0.4) is 0 Å². The maximum Gasteiger partial charge on any atom is 0.311 e. The molecule has 1 aliphatic heterocycles. The van der Waals surface area contributed by atoms with E-state index in [4.69, 9.17) is 14.9 Å². The molecule has 0 aliphatic carbocycles. The molecule has 0 bridgehead atoms. The molecule has 1 heterocycles. The number of carboxylic acids is 2. The zero-order valence-electron chi connectivity index (χ0n) is 9.05. The Balaban J connectivity index is 2.30. The molecule has 1 aromatic carbocycles. The SMILES string of the molecule is O=C(O)CC(C(=O)O)c1ccc2c(c1)CCO2. The molecule has 17 heavy (non-hydrogen) atoms. The highest BCUT2D eigenvalue weighted by molar-refractivity contribution is 5.82. The van der Waals surface area contributed by atoms with Crippen molar-refractivity contribution in [1.82, 2.24) is 0 Å². The van der Waals surface area contributed by atoms with Crippen molar-refractivity contribution in [1.29, 1.82) is 0 Å². The van der Waals surface area contributed by atoms with Crippen molar-refractivity contribution in [2.24, 2.45) is 0 Å². The normalized spacial score (nSPS) is 14.8. The standard InChI is InChI=1S/C12H12O5/c13-11(14)6-9(12(15)16)7-1-2-10-8(5-7)3-4-17-10/h1-2,5,9H,3-4,6H2,(H,13,14)(H,15,16). The topological polar surface area (TPSA) is 83.8 Å². The fraction of sp³-hybridized carbons (Fsp3) is 0.333. The number of hydrogen-bond acceptors (Lipinski definition) is 3. The number of rotatable bonds is 4. The molecule has 5 nitrogen and oxygen atoms in total. The van der Waals surface area contributed by atoms with E-state index < -0.39 is 24.3 Å². The average Bonchev–Trinajstić information content (AvgIpc) is 2.72. The number of carboxylic acid groups (broad SMARTS) is 2. The first kappa shape index (κ1) is 11.4. The van der Waals surface area contributed by atoms with Crippen LogP contribution in [0.25, 0.3) is 0 Å². The molecule has 1 aromatic rings. The van der Waals surface area contributed by atoms with Crippen LogP contribution in [-0.2, 0) is 16.0 Å². The number of aliphatic carboxylic acids is 2. The van der Waals surface area contributed by atoms with E-state index in [1.165, 1.54) is 0 Å². The molecule has 0 saturated heterocycles. The molecule has 1 unspecified atom stereocenters. The van der Waals surface area contributed by atoms with Crippen LogP contribution in [0.5, 0.6) is 5.75 Å². The van der Waals surface area contributed by atoms with Crippen LogP contribution >= 0.6 is 0 Å². The third-order valence-corrected chi connectivity index (χ3v) is 2.79. The second-order valence-electron chi connectivity index (χ2n) is 3.95. The quantitative estimate of drug-likeness (QED) is 0.822. The molecule has 0 fully saturated rings. The van der Waals surface area contributed by atoms with Crippen LogP contribution in [0.4, 0.5) is 0 Å². The predicted octanol–water partition coefficient (Wildman–Crippen LogP) is 1.26. The van der Waals surface area contributed by atoms with Gasteiger partial charge in [-0.1, -0.05) is 12.1 Å². The lowest BCUT2D eigenvalue weighted by molar-refractivity contribution is -0.145. The monoisotopic (exact) mass is 236 g/mol. The van der Waals surface area contributed by atoms with Crippen LogP contribution < -0.4 is 4.74 Å². The minimum atomic E-state index is -1.12. The van der Waals surface area contributed by atoms with E-state index in [-0.39, 0.29) is 0 Å². The van der Waals surface area contributed by atoms with Gasteiger partial charge in [-0.05, 0) is 17.2 Å². The van der Waals surface area contributed by atoms with E-state index in [0.717, 1.165) is 17.7 Å². The van der Waals surface area contributed by atoms with E-state index in [9.17, 15) is 9.59 Å². The largest absolute Gasteiger partial charge is 0.493 e. The van der Waals surface area contributed by atoms with Gasteiger partial charge >= 0.3 is 11.9 Å². The number of fused-ring (bicyclic) bond motifs is 1. The molecule has 5 heteroatoms. The van der Waals surface area contributed by atoms with Crippen LogP contribution in [0.15, 0.2) is 18.2 Å². The third kappa shape index (κ3) is 2.38. The van der Waals surface area contributed by atoms with Crippen LogP contribution in [-0.4, -0.2) is 28.8 Å². The minimum Gasteiger partial charge on any atom is -0.493 e. The van der Waals surface area contributed by atoms with E-state index in [1.807, 2.05) is 0 Å². The lowest BCUT2D eigenvalue weighted by atomic mass is 9.94. The highest BCUT2D eigenvalue weighted by atomic mass is 16.5. The molecule has 0 amide bonds. The van der Waals surface area contributed by atoms with Crippen molar-refractivity contribution in [3.63, 3.8) is 0 Å². The van der Waals surface area contributed by atoms with Gasteiger partial charge in [0.15, 0.2) is 0 Å². The van der Waals surface area contributed by atoms with Gasteiger partial charge in [-0.3, -0.25) is 9.59 Å². The summed E-state index contributed by atoms with van der Waals surface area (Å²) < 4.78 is 5.31. The average molecular weight is 236 g/mol. The van der Waals surface area contributed by atoms with E-state index in [0.29, 0.717) is 12.2 Å². The molecule has 0 saturated carbocycles. The number of benzene rings is 1. The zero-order valence-corrected chi connectivity index (χ0v) is 9.05. The molecule has 0 spiro atoms. The molecule has 0 aromatic heterocycles. The molecule has 0 radical (unpaired) electrons. The van der Waals surface area contributed by atoms with E-state index in [1.54, 1.807) is 18.2 Å². The van der Waals surface area contributed by atoms with Crippen molar-refractivity contribution in [2.75, 3.05) is 6.61 Å². The van der Waals surface area contributed by atoms with Gasteiger partial charge in [0.2, 0.25) is 0 Å². The Kier molecular flexibility index (Phi) is 2.99. The van der Waals surface area contributed by atoms with Crippen molar-refractivity contribution in [2.45, 2.75) is 18.8 Å². The van der Waals surface area contributed by atoms with Gasteiger partial charge in [0.1, 0.15) is 5.75 Å². The van der Waals surface area contributed by atoms with Crippen molar-refractivity contribution in [3.05, 3.63) is 29.3 Å². The van der Waals surface area contributed by atoms with Crippen molar-refractivity contribution >= 4 is 11.9 Å². The molecule has 90 valence electrons. The highest BCUT2D eigenvalue weighted by Gasteiger charge is 2.24. The Hall–Kier alpha value is -2.04. The summed E-state index contributed by atoms with van der Waals surface area (Å²) in [5.41, 5.74) is 1.46. The summed E-state index contributed by atoms with van der Waals surface area (Å²) >= 11 is 0. The van der Waals surface area contributed by atoms with Crippen LogP contribution in [0.1, 0.15) is 23.5 Å². The third-order valence-electron chi connectivity index (χ3n) is 2.79. The van der Waals surface area contributed by atoms with Gasteiger partial charge in [-0.15, -0.1) is 0 Å². The van der Waals surface area contributed by atoms with E-state index >= 15 is 0 Å². The number of carbonyl (C=O) groups is 2. The summed E-state index contributed by atoms with van der Waals surface area (Å²) in [6.45, 7) is 0.593. The summed E-state index contributed by atoms with van der Waals surface area (Å²) in [4.78, 5) is 21.7. The molecular weight excluding hydrogens is 224 g/mol. The van der Waals surface area contributed by atoms with Crippen molar-refractivity contribution in [3.8, 4) is 5.75 Å². The molecular formula is C12H12O5. The lowest BCUT2D eigenvalue weighted by Gasteiger charge is -2.11. The predicted molar refractivity (Wildman–Crippen MR) is 58.3 cm³/mol. The number of ether oxygens (including phenoxy) is 1. The molecule has 2 N–H and O–H groups in total. The highest BCUT2D eigenvalue weighted by Crippen LogP contribution is 2.30. The smallest absolute Gasteiger partial charge is 0.311 e. The minimum absolute atomic E-state index is 0.408. The number of hydrogen-bond donors (Lipinski definition) is 2. The molecule has 2 rings (SSSR count). The summed E-state index contributed by atoms with van der Waals surface area (Å²) in [5, 5.41) is 17.7. The van der Waals surface area contributed by atoms with Crippen molar-refractivity contribution < 1.29 is 24.5 Å². The summed E-state index contributed by atoms with van der Waals surface area (Å²) in [7, 11) is 0. The van der Waals surface area contributed by atoms with Gasteiger partial charge in [0.05, 0.1) is 18.9 Å². The van der Waals surface area contributed by atoms with Gasteiger partial charge < -0.3 is 14.9 Å². The summed E-state index contributed by atoms with van der Waals surface area (Å²) in [6.07, 6.45) is 0.331. The Morgan fingerprint density at radius 3 is 2.76 bits per heavy atom. The Bertz CT molecular complexity index is 466. The molecule has 1 aliphatic rings.